The first-order valence-electron chi connectivity index (χ1n) is 6.67. The summed E-state index contributed by atoms with van der Waals surface area (Å²) in [7, 11) is 0. The second-order valence-electron chi connectivity index (χ2n) is 4.85. The van der Waals surface area contributed by atoms with Crippen molar-refractivity contribution in [2.24, 2.45) is 5.92 Å². The lowest BCUT2D eigenvalue weighted by Gasteiger charge is -2.14. The molecule has 0 radical (unpaired) electrons. The molecule has 1 atom stereocenters. The Labute approximate surface area is 116 Å². The third-order valence-corrected chi connectivity index (χ3v) is 3.27. The minimum absolute atomic E-state index is 0.142. The van der Waals surface area contributed by atoms with Crippen LogP contribution in [0.25, 0.3) is 0 Å². The van der Waals surface area contributed by atoms with Gasteiger partial charge >= 0.3 is 6.36 Å². The molecular formula is C14H18F3NO2. The van der Waals surface area contributed by atoms with Crippen molar-refractivity contribution in [3.63, 3.8) is 0 Å². The van der Waals surface area contributed by atoms with Gasteiger partial charge in [0.25, 0.3) is 0 Å². The number of ether oxygens (including phenoxy) is 2. The third kappa shape index (κ3) is 5.02. The van der Waals surface area contributed by atoms with Crippen LogP contribution in [0.2, 0.25) is 0 Å². The van der Waals surface area contributed by atoms with Crippen LogP contribution in [0.4, 0.5) is 13.2 Å². The zero-order chi connectivity index (χ0) is 14.4. The van der Waals surface area contributed by atoms with Crippen molar-refractivity contribution >= 4 is 0 Å². The Hall–Kier alpha value is -1.27. The lowest BCUT2D eigenvalue weighted by molar-refractivity contribution is -0.274. The van der Waals surface area contributed by atoms with Gasteiger partial charge in [0, 0.05) is 25.3 Å². The highest BCUT2D eigenvalue weighted by molar-refractivity contribution is 5.33. The summed E-state index contributed by atoms with van der Waals surface area (Å²) < 4.78 is 46.0. The number of hydrogen-bond donors (Lipinski definition) is 1. The molecule has 0 aromatic heterocycles. The van der Waals surface area contributed by atoms with Gasteiger partial charge in [0.1, 0.15) is 5.75 Å². The number of rotatable bonds is 6. The maximum Gasteiger partial charge on any atom is 0.573 e. The number of para-hydroxylation sites is 1. The van der Waals surface area contributed by atoms with Gasteiger partial charge in [-0.2, -0.15) is 0 Å². The van der Waals surface area contributed by atoms with Crippen LogP contribution in [0.15, 0.2) is 24.3 Å². The minimum Gasteiger partial charge on any atom is -0.405 e. The Bertz CT molecular complexity index is 417. The Morgan fingerprint density at radius 1 is 1.30 bits per heavy atom. The van der Waals surface area contributed by atoms with E-state index >= 15 is 0 Å². The van der Waals surface area contributed by atoms with E-state index in [2.05, 4.69) is 10.1 Å². The highest BCUT2D eigenvalue weighted by Gasteiger charge is 2.31. The van der Waals surface area contributed by atoms with Gasteiger partial charge in [0.05, 0.1) is 0 Å². The maximum atomic E-state index is 12.3. The molecule has 20 heavy (non-hydrogen) atoms. The highest BCUT2D eigenvalue weighted by Crippen LogP contribution is 2.26. The average Bonchev–Trinajstić information content (AvgIpc) is 2.88. The van der Waals surface area contributed by atoms with Crippen molar-refractivity contribution < 1.29 is 22.6 Å². The number of alkyl halides is 3. The molecule has 1 aromatic rings. The lowest BCUT2D eigenvalue weighted by atomic mass is 10.1. The third-order valence-electron chi connectivity index (χ3n) is 3.27. The van der Waals surface area contributed by atoms with Gasteiger partial charge in [-0.25, -0.2) is 0 Å². The molecule has 0 spiro atoms. The molecule has 0 saturated carbocycles. The standard InChI is InChI=1S/C14H18F3NO2/c15-14(16,17)20-13-4-2-1-3-12(13)9-18-7-5-11-6-8-19-10-11/h1-4,11,18H,5-10H2. The van der Waals surface area contributed by atoms with Crippen molar-refractivity contribution in [2.45, 2.75) is 25.7 Å². The predicted molar refractivity (Wildman–Crippen MR) is 68.4 cm³/mol. The van der Waals surface area contributed by atoms with Crippen LogP contribution in [0, 0.1) is 5.92 Å². The number of halogens is 3. The van der Waals surface area contributed by atoms with Crippen LogP contribution in [0.5, 0.6) is 5.75 Å². The smallest absolute Gasteiger partial charge is 0.405 e. The molecule has 1 aliphatic rings. The van der Waals surface area contributed by atoms with E-state index in [1.807, 2.05) is 0 Å². The Kier molecular flexibility index (Phi) is 5.25. The molecule has 0 aliphatic carbocycles. The maximum absolute atomic E-state index is 12.3. The molecule has 2 rings (SSSR count). The zero-order valence-electron chi connectivity index (χ0n) is 11.1. The Morgan fingerprint density at radius 3 is 2.80 bits per heavy atom. The fourth-order valence-corrected chi connectivity index (χ4v) is 2.21. The van der Waals surface area contributed by atoms with Gasteiger partial charge in [-0.1, -0.05) is 18.2 Å². The number of nitrogens with one attached hydrogen (secondary N) is 1. The summed E-state index contributed by atoms with van der Waals surface area (Å²) >= 11 is 0. The molecule has 1 N–H and O–H groups in total. The van der Waals surface area contributed by atoms with Gasteiger partial charge in [-0.15, -0.1) is 13.2 Å². The van der Waals surface area contributed by atoms with Crippen molar-refractivity contribution in [3.05, 3.63) is 29.8 Å². The Balaban J connectivity index is 1.79. The van der Waals surface area contributed by atoms with Crippen molar-refractivity contribution in [2.75, 3.05) is 19.8 Å². The summed E-state index contributed by atoms with van der Waals surface area (Å²) in [4.78, 5) is 0. The van der Waals surface area contributed by atoms with E-state index in [-0.39, 0.29) is 5.75 Å². The molecule has 1 saturated heterocycles. The molecular weight excluding hydrogens is 271 g/mol. The quantitative estimate of drug-likeness (QED) is 0.816. The van der Waals surface area contributed by atoms with E-state index < -0.39 is 6.36 Å². The van der Waals surface area contributed by atoms with Crippen molar-refractivity contribution in [3.8, 4) is 5.75 Å². The molecule has 1 aliphatic heterocycles. The van der Waals surface area contributed by atoms with E-state index in [4.69, 9.17) is 4.74 Å². The summed E-state index contributed by atoms with van der Waals surface area (Å²) in [6.07, 6.45) is -2.62. The topological polar surface area (TPSA) is 30.5 Å². The fourth-order valence-electron chi connectivity index (χ4n) is 2.21. The summed E-state index contributed by atoms with van der Waals surface area (Å²) in [5.41, 5.74) is 0.507. The lowest BCUT2D eigenvalue weighted by Crippen LogP contribution is -2.21. The van der Waals surface area contributed by atoms with Crippen molar-refractivity contribution in [1.82, 2.24) is 5.32 Å². The molecule has 1 heterocycles. The second kappa shape index (κ2) is 6.95. The SMILES string of the molecule is FC(F)(F)Oc1ccccc1CNCCC1CCOC1. The van der Waals surface area contributed by atoms with Crippen LogP contribution in [-0.4, -0.2) is 26.1 Å². The molecule has 1 aromatic carbocycles. The first-order chi connectivity index (χ1) is 9.54. The Morgan fingerprint density at radius 2 is 2.10 bits per heavy atom. The van der Waals surface area contributed by atoms with E-state index in [0.29, 0.717) is 18.0 Å². The molecule has 0 bridgehead atoms. The zero-order valence-corrected chi connectivity index (χ0v) is 11.1. The molecule has 0 amide bonds. The summed E-state index contributed by atoms with van der Waals surface area (Å²) in [6.45, 7) is 2.72. The minimum atomic E-state index is -4.66. The monoisotopic (exact) mass is 289 g/mol. The van der Waals surface area contributed by atoms with E-state index in [1.54, 1.807) is 12.1 Å². The first-order valence-corrected chi connectivity index (χ1v) is 6.67. The first kappa shape index (κ1) is 15.1. The predicted octanol–water partition coefficient (Wildman–Crippen LogP) is 3.10. The summed E-state index contributed by atoms with van der Waals surface area (Å²) in [5, 5.41) is 3.15. The van der Waals surface area contributed by atoms with Gasteiger partial charge in [-0.05, 0) is 31.4 Å². The van der Waals surface area contributed by atoms with Gasteiger partial charge in [0.2, 0.25) is 0 Å². The van der Waals surface area contributed by atoms with E-state index in [9.17, 15) is 13.2 Å². The van der Waals surface area contributed by atoms with Crippen LogP contribution in [-0.2, 0) is 11.3 Å². The number of benzene rings is 1. The average molecular weight is 289 g/mol. The largest absolute Gasteiger partial charge is 0.573 e. The number of hydrogen-bond acceptors (Lipinski definition) is 3. The molecule has 112 valence electrons. The van der Waals surface area contributed by atoms with Crippen LogP contribution in [0.3, 0.4) is 0 Å². The summed E-state index contributed by atoms with van der Waals surface area (Å²) in [5.74, 6) is 0.417. The molecule has 1 fully saturated rings. The van der Waals surface area contributed by atoms with Gasteiger partial charge in [0.15, 0.2) is 0 Å². The van der Waals surface area contributed by atoms with Crippen LogP contribution in [0.1, 0.15) is 18.4 Å². The highest BCUT2D eigenvalue weighted by atomic mass is 19.4. The second-order valence-corrected chi connectivity index (χ2v) is 4.85. The van der Waals surface area contributed by atoms with E-state index in [0.717, 1.165) is 32.6 Å². The molecule has 1 unspecified atom stereocenters. The normalized spacial score (nSPS) is 19.2. The van der Waals surface area contributed by atoms with Gasteiger partial charge < -0.3 is 14.8 Å². The summed E-state index contributed by atoms with van der Waals surface area (Å²) in [6, 6.07) is 6.19. The molecule has 3 nitrogen and oxygen atoms in total. The van der Waals surface area contributed by atoms with Crippen LogP contribution >= 0.6 is 0 Å². The van der Waals surface area contributed by atoms with Gasteiger partial charge in [-0.3, -0.25) is 0 Å². The van der Waals surface area contributed by atoms with Crippen LogP contribution < -0.4 is 10.1 Å². The fraction of sp³-hybridized carbons (Fsp3) is 0.571. The van der Waals surface area contributed by atoms with Crippen molar-refractivity contribution in [1.29, 1.82) is 0 Å². The van der Waals surface area contributed by atoms with E-state index in [1.165, 1.54) is 12.1 Å². The molecule has 6 heteroatoms.